The van der Waals surface area contributed by atoms with Gasteiger partial charge in [0.1, 0.15) is 0 Å². The molecule has 8 nitrogen and oxygen atoms in total. The predicted molar refractivity (Wildman–Crippen MR) is 115 cm³/mol. The van der Waals surface area contributed by atoms with Gasteiger partial charge >= 0.3 is 0 Å². The summed E-state index contributed by atoms with van der Waals surface area (Å²) in [5, 5.41) is 41.4. The smallest absolute Gasteiger partial charge is 0.253 e. The number of carbonyl (C=O) groups is 2. The number of carbonyl (C=O) groups excluding carboxylic acids is 2. The van der Waals surface area contributed by atoms with Gasteiger partial charge < -0.3 is 31.1 Å². The van der Waals surface area contributed by atoms with Crippen LogP contribution >= 0.6 is 67.8 Å². The molecule has 1 aromatic rings. The molecule has 1 rings (SSSR count). The predicted octanol–water partition coefficient (Wildman–Crippen LogP) is -0.334. The molecule has 25 heavy (non-hydrogen) atoms. The van der Waals surface area contributed by atoms with Crippen LogP contribution in [0.4, 0.5) is 0 Å². The van der Waals surface area contributed by atoms with Crippen molar-refractivity contribution in [3.8, 4) is 0 Å². The van der Waals surface area contributed by atoms with Crippen molar-refractivity contribution in [1.82, 2.24) is 10.6 Å². The minimum atomic E-state index is -1.07. The van der Waals surface area contributed by atoms with Gasteiger partial charge in [0.05, 0.1) is 43.1 Å². The average Bonchev–Trinajstić information content (AvgIpc) is 2.56. The molecule has 0 aliphatic carbocycles. The van der Waals surface area contributed by atoms with Crippen molar-refractivity contribution >= 4 is 79.6 Å². The van der Waals surface area contributed by atoms with Gasteiger partial charge in [0.15, 0.2) is 0 Å². The lowest BCUT2D eigenvalue weighted by atomic mass is 10.1. The molecule has 0 aromatic heterocycles. The lowest BCUT2D eigenvalue weighted by Gasteiger charge is -2.18. The Morgan fingerprint density at radius 3 is 1.96 bits per heavy atom. The second-order valence-electron chi connectivity index (χ2n) is 4.99. The molecule has 1 unspecified atom stereocenters. The standard InChI is InChI=1S/C14H17I3N2O6/c15-8-1-9(16)11(14(25)19-6(3-20)4-21)12(17)10(8)13(24)18-2-7(23)5-22/h1,6-7,20-23H,2-5H2,(H,18,24)(H,19,25). The highest BCUT2D eigenvalue weighted by atomic mass is 127. The van der Waals surface area contributed by atoms with E-state index in [4.69, 9.17) is 15.3 Å². The molecule has 0 spiro atoms. The van der Waals surface area contributed by atoms with Crippen LogP contribution in [0.15, 0.2) is 6.07 Å². The molecule has 0 aliphatic rings. The van der Waals surface area contributed by atoms with Crippen molar-refractivity contribution in [1.29, 1.82) is 0 Å². The number of rotatable bonds is 8. The maximum absolute atomic E-state index is 12.5. The third-order valence-electron chi connectivity index (χ3n) is 3.11. The summed E-state index contributed by atoms with van der Waals surface area (Å²) in [6, 6.07) is 0.873. The summed E-state index contributed by atoms with van der Waals surface area (Å²) in [7, 11) is 0. The summed E-state index contributed by atoms with van der Waals surface area (Å²) in [5.41, 5.74) is 0.544. The van der Waals surface area contributed by atoms with E-state index in [2.05, 4.69) is 10.6 Å². The van der Waals surface area contributed by atoms with E-state index < -0.39 is 43.8 Å². The zero-order valence-electron chi connectivity index (χ0n) is 12.8. The van der Waals surface area contributed by atoms with E-state index in [1.807, 2.05) is 67.8 Å². The Labute approximate surface area is 185 Å². The van der Waals surface area contributed by atoms with Gasteiger partial charge in [-0.05, 0) is 73.8 Å². The van der Waals surface area contributed by atoms with Crippen LogP contribution in [0.25, 0.3) is 0 Å². The van der Waals surface area contributed by atoms with Gasteiger partial charge in [-0.3, -0.25) is 9.59 Å². The van der Waals surface area contributed by atoms with E-state index in [1.165, 1.54) is 0 Å². The van der Waals surface area contributed by atoms with Crippen molar-refractivity contribution in [2.75, 3.05) is 26.4 Å². The largest absolute Gasteiger partial charge is 0.394 e. The van der Waals surface area contributed by atoms with Gasteiger partial charge in [-0.15, -0.1) is 0 Å². The molecular weight excluding hydrogens is 673 g/mol. The fourth-order valence-corrected chi connectivity index (χ4v) is 6.13. The normalized spacial score (nSPS) is 12.2. The maximum atomic E-state index is 12.5. The number of aliphatic hydroxyl groups excluding tert-OH is 4. The van der Waals surface area contributed by atoms with Gasteiger partial charge in [0.2, 0.25) is 0 Å². The minimum absolute atomic E-state index is 0.119. The molecule has 11 heteroatoms. The first-order chi connectivity index (χ1) is 11.8. The van der Waals surface area contributed by atoms with Gasteiger partial charge in [0, 0.05) is 17.3 Å². The lowest BCUT2D eigenvalue weighted by molar-refractivity contribution is 0.0800. The van der Waals surface area contributed by atoms with Crippen molar-refractivity contribution in [2.45, 2.75) is 12.1 Å². The Morgan fingerprint density at radius 2 is 1.48 bits per heavy atom. The van der Waals surface area contributed by atoms with Crippen LogP contribution in [-0.4, -0.2) is 70.8 Å². The van der Waals surface area contributed by atoms with Crippen LogP contribution in [0.1, 0.15) is 20.7 Å². The summed E-state index contributed by atoms with van der Waals surface area (Å²) in [4.78, 5) is 24.9. The van der Waals surface area contributed by atoms with E-state index in [0.717, 1.165) is 0 Å². The molecule has 0 saturated heterocycles. The number of hydrogen-bond donors (Lipinski definition) is 6. The first-order valence-electron chi connectivity index (χ1n) is 7.03. The quantitative estimate of drug-likeness (QED) is 0.207. The fourth-order valence-electron chi connectivity index (χ4n) is 1.78. The Hall–Kier alpha value is 0.190. The summed E-state index contributed by atoms with van der Waals surface area (Å²) < 4.78 is 1.65. The number of amides is 2. The monoisotopic (exact) mass is 690 g/mol. The minimum Gasteiger partial charge on any atom is -0.394 e. The zero-order chi connectivity index (χ0) is 19.1. The molecule has 0 fully saturated rings. The third kappa shape index (κ3) is 6.39. The highest BCUT2D eigenvalue weighted by Crippen LogP contribution is 2.28. The molecule has 1 aromatic carbocycles. The molecule has 1 atom stereocenters. The second kappa shape index (κ2) is 11.1. The van der Waals surface area contributed by atoms with Crippen LogP contribution in [0.2, 0.25) is 0 Å². The van der Waals surface area contributed by atoms with Crippen LogP contribution in [0.3, 0.4) is 0 Å². The van der Waals surface area contributed by atoms with Gasteiger partial charge in [-0.25, -0.2) is 0 Å². The summed E-state index contributed by atoms with van der Waals surface area (Å²) >= 11 is 5.85. The molecule has 140 valence electrons. The van der Waals surface area contributed by atoms with Gasteiger partial charge in [-0.1, -0.05) is 0 Å². The first kappa shape index (κ1) is 23.2. The topological polar surface area (TPSA) is 139 Å². The van der Waals surface area contributed by atoms with Gasteiger partial charge in [0.25, 0.3) is 11.8 Å². The number of hydrogen-bond acceptors (Lipinski definition) is 6. The molecule has 0 saturated carbocycles. The van der Waals surface area contributed by atoms with Crippen molar-refractivity contribution in [2.24, 2.45) is 0 Å². The van der Waals surface area contributed by atoms with Crippen molar-refractivity contribution in [3.05, 3.63) is 27.9 Å². The zero-order valence-corrected chi connectivity index (χ0v) is 19.3. The highest BCUT2D eigenvalue weighted by Gasteiger charge is 2.25. The van der Waals surface area contributed by atoms with Crippen molar-refractivity contribution < 1.29 is 30.0 Å². The first-order valence-corrected chi connectivity index (χ1v) is 10.3. The second-order valence-corrected chi connectivity index (χ2v) is 8.39. The molecular formula is C14H17I3N2O6. The van der Waals surface area contributed by atoms with Crippen molar-refractivity contribution in [3.63, 3.8) is 0 Å². The number of halogens is 3. The average molecular weight is 690 g/mol. The number of benzene rings is 1. The molecule has 6 N–H and O–H groups in total. The van der Waals surface area contributed by atoms with E-state index in [0.29, 0.717) is 10.7 Å². The Kier molecular flexibility index (Phi) is 10.3. The van der Waals surface area contributed by atoms with E-state index in [-0.39, 0.29) is 17.7 Å². The summed E-state index contributed by atoms with van der Waals surface area (Å²) in [6.07, 6.45) is -1.07. The molecule has 0 aliphatic heterocycles. The van der Waals surface area contributed by atoms with Gasteiger partial charge in [-0.2, -0.15) is 0 Å². The van der Waals surface area contributed by atoms with E-state index >= 15 is 0 Å². The Balaban J connectivity index is 3.16. The third-order valence-corrected chi connectivity index (χ3v) is 5.89. The Bertz CT molecular complexity index is 639. The van der Waals surface area contributed by atoms with Crippen LogP contribution in [0, 0.1) is 10.7 Å². The molecule has 0 bridgehead atoms. The van der Waals surface area contributed by atoms with Crippen LogP contribution < -0.4 is 10.6 Å². The summed E-state index contributed by atoms with van der Waals surface area (Å²) in [5.74, 6) is -0.990. The van der Waals surface area contributed by atoms with E-state index in [9.17, 15) is 14.7 Å². The molecule has 2 amide bonds. The molecule has 0 radical (unpaired) electrons. The maximum Gasteiger partial charge on any atom is 0.253 e. The summed E-state index contributed by atoms with van der Waals surface area (Å²) in [6.45, 7) is -1.41. The Morgan fingerprint density at radius 1 is 0.960 bits per heavy atom. The highest BCUT2D eigenvalue weighted by molar-refractivity contribution is 14.1. The number of nitrogens with one attached hydrogen (secondary N) is 2. The SMILES string of the molecule is O=C(NCC(O)CO)c1c(I)cc(I)c(C(=O)NC(CO)CO)c1I. The lowest BCUT2D eigenvalue weighted by Crippen LogP contribution is -2.41. The fraction of sp³-hybridized carbons (Fsp3) is 0.429. The van der Waals surface area contributed by atoms with E-state index in [1.54, 1.807) is 6.07 Å². The van der Waals surface area contributed by atoms with Crippen LogP contribution in [0.5, 0.6) is 0 Å². The molecule has 0 heterocycles. The number of aliphatic hydroxyl groups is 4. The van der Waals surface area contributed by atoms with Crippen LogP contribution in [-0.2, 0) is 0 Å².